The van der Waals surface area contributed by atoms with Crippen LogP contribution in [0.4, 0.5) is 4.53 Å². The molecule has 0 fully saturated rings. The molecule has 19 heavy (non-hydrogen) atoms. The Morgan fingerprint density at radius 1 is 1.21 bits per heavy atom. The van der Waals surface area contributed by atoms with Crippen LogP contribution in [0.15, 0.2) is 48.7 Å². The Hall–Kier alpha value is -1.71. The lowest BCUT2D eigenvalue weighted by Crippen LogP contribution is -1.95. The maximum atomic E-state index is 12.2. The van der Waals surface area contributed by atoms with E-state index in [1.54, 1.807) is 30.5 Å². The normalized spacial score (nSPS) is 13.8. The highest BCUT2D eigenvalue weighted by atomic mass is 31.2. The van der Waals surface area contributed by atoms with Crippen molar-refractivity contribution in [3.05, 3.63) is 48.7 Å². The van der Waals surface area contributed by atoms with Gasteiger partial charge in [-0.25, -0.2) is 4.57 Å². The Morgan fingerprint density at radius 3 is 2.47 bits per heavy atom. The molecule has 1 aromatic carbocycles. The second-order valence-electron chi connectivity index (χ2n) is 3.83. The number of pyridine rings is 1. The van der Waals surface area contributed by atoms with Crippen molar-refractivity contribution >= 4 is 7.60 Å². The largest absolute Gasteiger partial charge is 0.423 e. The van der Waals surface area contributed by atoms with Crippen LogP contribution >= 0.6 is 7.60 Å². The van der Waals surface area contributed by atoms with Gasteiger partial charge in [-0.1, -0.05) is 17.7 Å². The van der Waals surface area contributed by atoms with Crippen LogP contribution in [0.5, 0.6) is 5.75 Å². The van der Waals surface area contributed by atoms with Gasteiger partial charge >= 0.3 is 7.60 Å². The number of benzene rings is 1. The van der Waals surface area contributed by atoms with Crippen molar-refractivity contribution in [2.75, 3.05) is 6.16 Å². The minimum atomic E-state index is -3.67. The molecule has 2 rings (SSSR count). The van der Waals surface area contributed by atoms with Crippen molar-refractivity contribution in [3.63, 3.8) is 0 Å². The molecule has 0 aliphatic carbocycles. The van der Waals surface area contributed by atoms with E-state index < -0.39 is 7.60 Å². The smallest absolute Gasteiger partial charge is 0.410 e. The van der Waals surface area contributed by atoms with Gasteiger partial charge in [-0.3, -0.25) is 4.98 Å². The summed E-state index contributed by atoms with van der Waals surface area (Å²) in [5, 5.41) is 0. The predicted molar refractivity (Wildman–Crippen MR) is 70.6 cm³/mol. The molecular weight excluding hydrogens is 268 g/mol. The number of hydrogen-bond donors (Lipinski definition) is 0. The molecule has 2 aromatic rings. The summed E-state index contributed by atoms with van der Waals surface area (Å²) >= 11 is 0. The molecule has 0 saturated carbocycles. The van der Waals surface area contributed by atoms with Gasteiger partial charge in [0.1, 0.15) is 5.75 Å². The summed E-state index contributed by atoms with van der Waals surface area (Å²) in [6.07, 6.45) is 1.66. The summed E-state index contributed by atoms with van der Waals surface area (Å²) < 4.78 is 32.3. The third-order valence-electron chi connectivity index (χ3n) is 2.55. The molecule has 0 amide bonds. The first kappa shape index (κ1) is 13.7. The molecule has 1 heterocycles. The third-order valence-corrected chi connectivity index (χ3v) is 4.03. The molecule has 1 atom stereocenters. The van der Waals surface area contributed by atoms with Gasteiger partial charge in [-0.15, -0.1) is 0 Å². The molecule has 0 radical (unpaired) electrons. The number of hydrogen-bond acceptors (Lipinski definition) is 4. The summed E-state index contributed by atoms with van der Waals surface area (Å²) in [6, 6.07) is 12.3. The van der Waals surface area contributed by atoms with Crippen molar-refractivity contribution in [3.8, 4) is 17.0 Å². The zero-order valence-electron chi connectivity index (χ0n) is 10.3. The van der Waals surface area contributed by atoms with Crippen LogP contribution in [0, 0.1) is 0 Å². The lowest BCUT2D eigenvalue weighted by Gasteiger charge is -2.12. The van der Waals surface area contributed by atoms with E-state index in [9.17, 15) is 9.09 Å². The van der Waals surface area contributed by atoms with Crippen LogP contribution in [0.2, 0.25) is 0 Å². The average Bonchev–Trinajstić information content (AvgIpc) is 2.49. The lowest BCUT2D eigenvalue weighted by molar-refractivity contribution is -0.0164. The van der Waals surface area contributed by atoms with E-state index in [-0.39, 0.29) is 6.16 Å². The van der Waals surface area contributed by atoms with Gasteiger partial charge in [0.05, 0.1) is 11.9 Å². The molecule has 0 N–H and O–H groups in total. The first-order chi connectivity index (χ1) is 9.17. The van der Waals surface area contributed by atoms with Gasteiger partial charge in [-0.05, 0) is 40.9 Å². The lowest BCUT2D eigenvalue weighted by atomic mass is 10.1. The van der Waals surface area contributed by atoms with E-state index in [2.05, 4.69) is 9.71 Å². The molecule has 1 aromatic heterocycles. The van der Waals surface area contributed by atoms with Crippen molar-refractivity contribution in [2.45, 2.75) is 6.92 Å². The van der Waals surface area contributed by atoms with Crippen LogP contribution in [-0.2, 0) is 9.29 Å². The standard InChI is InChI=1S/C13H13FNO3P/c1-2-19(16,18-14)17-12-8-6-11(7-9-12)13-5-3-4-10-15-13/h3-10H,2H2,1H3. The molecule has 1 unspecified atom stereocenters. The highest BCUT2D eigenvalue weighted by Gasteiger charge is 2.24. The number of aromatic nitrogens is 1. The second-order valence-corrected chi connectivity index (χ2v) is 6.00. The first-order valence-electron chi connectivity index (χ1n) is 5.77. The second kappa shape index (κ2) is 5.95. The van der Waals surface area contributed by atoms with Crippen molar-refractivity contribution < 1.29 is 18.3 Å². The summed E-state index contributed by atoms with van der Waals surface area (Å²) in [4.78, 5) is 4.21. The number of rotatable bonds is 5. The fourth-order valence-corrected chi connectivity index (χ4v) is 2.21. The van der Waals surface area contributed by atoms with E-state index in [1.807, 2.05) is 18.2 Å². The highest BCUT2D eigenvalue weighted by Crippen LogP contribution is 2.48. The Bertz CT molecular complexity index is 566. The van der Waals surface area contributed by atoms with Crippen LogP contribution in [0.1, 0.15) is 6.92 Å². The fraction of sp³-hybridized carbons (Fsp3) is 0.154. The molecule has 0 saturated heterocycles. The van der Waals surface area contributed by atoms with E-state index >= 15 is 0 Å². The quantitative estimate of drug-likeness (QED) is 0.769. The molecule has 0 aliphatic heterocycles. The molecule has 4 nitrogen and oxygen atoms in total. The number of nitrogens with zero attached hydrogens (tertiary/aromatic N) is 1. The molecule has 6 heteroatoms. The van der Waals surface area contributed by atoms with E-state index in [1.165, 1.54) is 6.92 Å². The molecule has 0 spiro atoms. The first-order valence-corrected chi connectivity index (χ1v) is 7.50. The van der Waals surface area contributed by atoms with Gasteiger partial charge in [0.15, 0.2) is 0 Å². The van der Waals surface area contributed by atoms with Crippen LogP contribution in [0.3, 0.4) is 0 Å². The van der Waals surface area contributed by atoms with Crippen LogP contribution < -0.4 is 4.52 Å². The number of halogens is 1. The van der Waals surface area contributed by atoms with Crippen LogP contribution in [-0.4, -0.2) is 11.1 Å². The van der Waals surface area contributed by atoms with Gasteiger partial charge in [0.2, 0.25) is 0 Å². The van der Waals surface area contributed by atoms with E-state index in [0.717, 1.165) is 11.3 Å². The van der Waals surface area contributed by atoms with Gasteiger partial charge in [0, 0.05) is 11.8 Å². The molecular formula is C13H13FNO3P. The molecule has 0 aliphatic rings. The molecule has 0 bridgehead atoms. The van der Waals surface area contributed by atoms with Gasteiger partial charge < -0.3 is 4.52 Å². The summed E-state index contributed by atoms with van der Waals surface area (Å²) in [5.41, 5.74) is 1.70. The Kier molecular flexibility index (Phi) is 4.30. The van der Waals surface area contributed by atoms with Crippen molar-refractivity contribution in [2.24, 2.45) is 0 Å². The Morgan fingerprint density at radius 2 is 1.95 bits per heavy atom. The van der Waals surface area contributed by atoms with Gasteiger partial charge in [-0.2, -0.15) is 0 Å². The SMILES string of the molecule is CCP(=O)(OF)Oc1ccc(-c2ccccn2)cc1. The highest BCUT2D eigenvalue weighted by molar-refractivity contribution is 7.54. The summed E-state index contributed by atoms with van der Waals surface area (Å²) in [7, 11) is -3.67. The predicted octanol–water partition coefficient (Wildman–Crippen LogP) is 4.24. The topological polar surface area (TPSA) is 48.4 Å². The zero-order valence-corrected chi connectivity index (χ0v) is 11.2. The monoisotopic (exact) mass is 281 g/mol. The average molecular weight is 281 g/mol. The maximum Gasteiger partial charge on any atom is 0.410 e. The Labute approximate surface area is 110 Å². The minimum Gasteiger partial charge on any atom is -0.423 e. The Balaban J connectivity index is 2.18. The van der Waals surface area contributed by atoms with E-state index in [4.69, 9.17) is 4.52 Å². The molecule has 100 valence electrons. The van der Waals surface area contributed by atoms with Gasteiger partial charge in [0.25, 0.3) is 0 Å². The van der Waals surface area contributed by atoms with Crippen LogP contribution in [0.25, 0.3) is 11.3 Å². The maximum absolute atomic E-state index is 12.2. The zero-order chi connectivity index (χ0) is 13.7. The summed E-state index contributed by atoms with van der Waals surface area (Å²) in [6.45, 7) is 1.53. The fourth-order valence-electron chi connectivity index (χ4n) is 1.51. The summed E-state index contributed by atoms with van der Waals surface area (Å²) in [5.74, 6) is 0.294. The third kappa shape index (κ3) is 3.40. The van der Waals surface area contributed by atoms with E-state index in [0.29, 0.717) is 5.75 Å². The van der Waals surface area contributed by atoms with Crippen molar-refractivity contribution in [1.29, 1.82) is 0 Å². The minimum absolute atomic E-state index is 0.0362. The van der Waals surface area contributed by atoms with Crippen molar-refractivity contribution in [1.82, 2.24) is 4.98 Å².